The van der Waals surface area contributed by atoms with E-state index >= 15 is 0 Å². The molecule has 0 N–H and O–H groups in total. The molecule has 332 valence electrons. The number of hydrogen-bond acceptors (Lipinski definition) is 3. The van der Waals surface area contributed by atoms with Crippen molar-refractivity contribution < 1.29 is 8.83 Å². The quantitative estimate of drug-likeness (QED) is 0.154. The minimum absolute atomic E-state index is 0.00279. The highest BCUT2D eigenvalue weighted by Crippen LogP contribution is 2.59. The van der Waals surface area contributed by atoms with Crippen molar-refractivity contribution in [1.82, 2.24) is 4.57 Å². The van der Waals surface area contributed by atoms with Crippen LogP contribution in [0.1, 0.15) is 104 Å². The molecule has 8 aromatic carbocycles. The Morgan fingerprint density at radius 3 is 1.84 bits per heavy atom. The largest absolute Gasteiger partial charge is 0.456 e. The van der Waals surface area contributed by atoms with Crippen molar-refractivity contribution >= 4 is 94.8 Å². The number of benzene rings is 8. The van der Waals surface area contributed by atoms with E-state index in [4.69, 9.17) is 8.83 Å². The van der Waals surface area contributed by atoms with E-state index in [1.165, 1.54) is 94.2 Å². The Hall–Kier alpha value is -6.98. The summed E-state index contributed by atoms with van der Waals surface area (Å²) in [5, 5.41) is 7.21. The van der Waals surface area contributed by atoms with Gasteiger partial charge in [0.15, 0.2) is 0 Å². The van der Waals surface area contributed by atoms with Crippen LogP contribution in [0.5, 0.6) is 0 Å². The lowest BCUT2D eigenvalue weighted by atomic mass is 9.43. The fourth-order valence-electron chi connectivity index (χ4n) is 12.7. The van der Waals surface area contributed by atoms with Crippen LogP contribution in [0.15, 0.2) is 142 Å². The molecule has 0 spiro atoms. The van der Waals surface area contributed by atoms with Gasteiger partial charge >= 0.3 is 6.85 Å². The van der Waals surface area contributed by atoms with Crippen LogP contribution in [0, 0.1) is 0 Å². The molecule has 5 heterocycles. The summed E-state index contributed by atoms with van der Waals surface area (Å²) in [5.41, 5.74) is 23.8. The Labute approximate surface area is 398 Å². The Morgan fingerprint density at radius 2 is 1.09 bits per heavy atom. The minimum Gasteiger partial charge on any atom is -0.456 e. The molecule has 0 saturated carbocycles. The number of furan rings is 2. The maximum absolute atomic E-state index is 7.04. The highest BCUT2D eigenvalue weighted by Gasteiger charge is 2.50. The van der Waals surface area contributed by atoms with E-state index in [0.717, 1.165) is 49.6 Å². The fourth-order valence-corrected chi connectivity index (χ4v) is 12.7. The first-order chi connectivity index (χ1) is 32.4. The number of anilines is 2. The van der Waals surface area contributed by atoms with Gasteiger partial charge in [0.2, 0.25) is 0 Å². The van der Waals surface area contributed by atoms with E-state index in [2.05, 4.69) is 219 Å². The van der Waals surface area contributed by atoms with Crippen LogP contribution in [0.4, 0.5) is 11.4 Å². The smallest absolute Gasteiger partial charge is 0.333 e. The minimum atomic E-state index is -0.287. The molecule has 68 heavy (non-hydrogen) atoms. The molecule has 4 nitrogen and oxygen atoms in total. The Bertz CT molecular complexity index is 4060. The van der Waals surface area contributed by atoms with Crippen LogP contribution in [0.25, 0.3) is 93.6 Å². The second-order valence-electron chi connectivity index (χ2n) is 23.8. The predicted octanol–water partition coefficient (Wildman–Crippen LogP) is 16.0. The molecular weight excluding hydrogens is 828 g/mol. The third-order valence-electron chi connectivity index (χ3n) is 16.2. The summed E-state index contributed by atoms with van der Waals surface area (Å²) < 4.78 is 16.5. The molecule has 1 aliphatic carbocycles. The van der Waals surface area contributed by atoms with Crippen molar-refractivity contribution in [2.24, 2.45) is 0 Å². The summed E-state index contributed by atoms with van der Waals surface area (Å²) in [6.07, 6.45) is 0. The number of rotatable bonds is 1. The molecule has 0 atom stereocenters. The zero-order valence-electron chi connectivity index (χ0n) is 41.0. The van der Waals surface area contributed by atoms with Gasteiger partial charge in [-0.15, -0.1) is 0 Å². The van der Waals surface area contributed by atoms with Gasteiger partial charge < -0.3 is 18.2 Å². The average Bonchev–Trinajstić information content (AvgIpc) is 4.02. The zero-order valence-corrected chi connectivity index (χ0v) is 41.0. The van der Waals surface area contributed by atoms with Gasteiger partial charge in [0, 0.05) is 60.4 Å². The van der Waals surface area contributed by atoms with Crippen LogP contribution in [0.2, 0.25) is 0 Å². The van der Waals surface area contributed by atoms with E-state index < -0.39 is 0 Å². The Balaban J connectivity index is 1.22. The molecular formula is C63H55BN2O2. The molecule has 11 aromatic rings. The van der Waals surface area contributed by atoms with Crippen molar-refractivity contribution in [1.29, 1.82) is 0 Å². The topological polar surface area (TPSA) is 34.5 Å². The SMILES string of the molecule is CC(C)(C)c1ccc(N2B3c4cc5oc6ccccc6c5cc4-n4c5ccc(C(C)(C)C)cc5c5c6c(c(c3c54)-c3cc4oc5cc(C(C)(C)C)ccc5c4cc32)-c2ccccc2C6(C)C)cc1. The van der Waals surface area contributed by atoms with Crippen molar-refractivity contribution in [3.05, 3.63) is 161 Å². The third-order valence-corrected chi connectivity index (χ3v) is 16.2. The maximum atomic E-state index is 7.04. The molecule has 2 aliphatic heterocycles. The first-order valence-electron chi connectivity index (χ1n) is 24.5. The van der Waals surface area contributed by atoms with Gasteiger partial charge in [-0.25, -0.2) is 0 Å². The van der Waals surface area contributed by atoms with Gasteiger partial charge in [-0.1, -0.05) is 149 Å². The van der Waals surface area contributed by atoms with E-state index in [-0.39, 0.29) is 28.5 Å². The maximum Gasteiger partial charge on any atom is 0.333 e. The van der Waals surface area contributed by atoms with E-state index in [0.29, 0.717) is 0 Å². The Morgan fingerprint density at radius 1 is 0.485 bits per heavy atom. The van der Waals surface area contributed by atoms with Crippen molar-refractivity contribution in [2.75, 3.05) is 4.81 Å². The van der Waals surface area contributed by atoms with Crippen LogP contribution in [-0.4, -0.2) is 11.4 Å². The lowest BCUT2D eigenvalue weighted by molar-refractivity contribution is 0.587. The monoisotopic (exact) mass is 882 g/mol. The second kappa shape index (κ2) is 12.8. The van der Waals surface area contributed by atoms with Gasteiger partial charge in [-0.2, -0.15) is 0 Å². The van der Waals surface area contributed by atoms with E-state index in [1.807, 2.05) is 0 Å². The van der Waals surface area contributed by atoms with Gasteiger partial charge in [0.25, 0.3) is 0 Å². The highest BCUT2D eigenvalue weighted by molar-refractivity contribution is 6.94. The van der Waals surface area contributed by atoms with Crippen LogP contribution >= 0.6 is 0 Å². The number of nitrogens with zero attached hydrogens (tertiary/aromatic N) is 2. The summed E-state index contributed by atoms with van der Waals surface area (Å²) in [6.45, 7) is 25.5. The Kier molecular flexibility index (Phi) is 7.53. The lowest BCUT2D eigenvalue weighted by Crippen LogP contribution is -2.60. The standard InChI is InChI=1S/C63H55BN2O2/c1-60(2,3)34-20-24-37(25-21-34)66-48-30-41-39-26-22-36(62(7,8)9)29-51(39)68-52(41)32-44(48)55-54-40-17-12-14-18-45(40)63(10,11)57(54)56-43-28-35(61(4,5)6)23-27-47(43)65-49-31-42-38-16-13-15-19-50(38)67-53(42)33-46(49)64(66)58(55)59(56)65/h12-33H,1-11H3. The normalized spacial score (nSPS) is 15.0. The molecule has 0 fully saturated rings. The summed E-state index contributed by atoms with van der Waals surface area (Å²) >= 11 is 0. The number of para-hydroxylation sites is 1. The zero-order chi connectivity index (χ0) is 46.7. The summed E-state index contributed by atoms with van der Waals surface area (Å²) in [6, 6.07) is 51.0. The van der Waals surface area contributed by atoms with Crippen LogP contribution < -0.4 is 15.7 Å². The van der Waals surface area contributed by atoms with Gasteiger partial charge in [0.1, 0.15) is 22.3 Å². The lowest BCUT2D eigenvalue weighted by Gasteiger charge is -2.43. The number of aromatic nitrogens is 1. The molecule has 0 bridgehead atoms. The number of hydrogen-bond donors (Lipinski definition) is 0. The summed E-state index contributed by atoms with van der Waals surface area (Å²) in [4.78, 5) is 2.67. The fraction of sp³-hybridized carbons (Fsp3) is 0.238. The van der Waals surface area contributed by atoms with Gasteiger partial charge in [0.05, 0.1) is 11.0 Å². The van der Waals surface area contributed by atoms with Crippen LogP contribution in [-0.2, 0) is 21.7 Å². The predicted molar refractivity (Wildman–Crippen MR) is 288 cm³/mol. The van der Waals surface area contributed by atoms with Crippen LogP contribution in [0.3, 0.4) is 0 Å². The molecule has 0 saturated heterocycles. The summed E-state index contributed by atoms with van der Waals surface area (Å²) in [5.74, 6) is 0. The van der Waals surface area contributed by atoms with Gasteiger partial charge in [-0.3, -0.25) is 0 Å². The second-order valence-corrected chi connectivity index (χ2v) is 23.8. The van der Waals surface area contributed by atoms with E-state index in [9.17, 15) is 0 Å². The molecule has 0 amide bonds. The molecule has 3 aromatic heterocycles. The highest BCUT2D eigenvalue weighted by atomic mass is 16.3. The molecule has 14 rings (SSSR count). The molecule has 0 unspecified atom stereocenters. The molecule has 5 heteroatoms. The first kappa shape index (κ1) is 40.1. The first-order valence-corrected chi connectivity index (χ1v) is 24.5. The third kappa shape index (κ3) is 5.12. The van der Waals surface area contributed by atoms with Crippen molar-refractivity contribution in [3.63, 3.8) is 0 Å². The van der Waals surface area contributed by atoms with Gasteiger partial charge in [-0.05, 0) is 132 Å². The van der Waals surface area contributed by atoms with E-state index in [1.54, 1.807) is 0 Å². The van der Waals surface area contributed by atoms with Crippen molar-refractivity contribution in [2.45, 2.75) is 97.8 Å². The molecule has 0 radical (unpaired) electrons. The molecule has 3 aliphatic rings. The average molecular weight is 883 g/mol. The van der Waals surface area contributed by atoms with Crippen molar-refractivity contribution in [3.8, 4) is 27.9 Å². The number of fused-ring (bicyclic) bond motifs is 19. The summed E-state index contributed by atoms with van der Waals surface area (Å²) in [7, 11) is 0.